The third kappa shape index (κ3) is 4.24. The quantitative estimate of drug-likeness (QED) is 0.627. The van der Waals surface area contributed by atoms with Crippen LogP contribution < -0.4 is 10.1 Å². The highest BCUT2D eigenvalue weighted by Gasteiger charge is 2.17. The van der Waals surface area contributed by atoms with E-state index in [1.807, 2.05) is 67.6 Å². The summed E-state index contributed by atoms with van der Waals surface area (Å²) in [6, 6.07) is 23.0. The number of carbonyl (C=O) groups excluding carboxylic acids is 1. The zero-order valence-corrected chi connectivity index (χ0v) is 15.5. The van der Waals surface area contributed by atoms with Gasteiger partial charge in [0.05, 0.1) is 0 Å². The molecule has 1 atom stereocenters. The fraction of sp³-hybridized carbons (Fsp3) is 0.136. The number of halogens is 1. The molecule has 0 radical (unpaired) electrons. The van der Waals surface area contributed by atoms with E-state index in [4.69, 9.17) is 16.3 Å². The standard InChI is InChI=1S/C22H20ClNO2/c1-15-14-18(12-13-20(15)23)26-16(2)22(25)24-21-11-7-6-10-19(21)17-8-4-3-5-9-17/h3-14,16H,1-2H3,(H,24,25)/t16-/m1/s1. The molecule has 3 aromatic rings. The maximum Gasteiger partial charge on any atom is 0.265 e. The van der Waals surface area contributed by atoms with Gasteiger partial charge < -0.3 is 10.1 Å². The van der Waals surface area contributed by atoms with Crippen LogP contribution in [-0.4, -0.2) is 12.0 Å². The second kappa shape index (κ2) is 8.07. The first-order valence-electron chi connectivity index (χ1n) is 8.43. The van der Waals surface area contributed by atoms with E-state index >= 15 is 0 Å². The normalized spacial score (nSPS) is 11.7. The van der Waals surface area contributed by atoms with E-state index in [9.17, 15) is 4.79 Å². The number of para-hydroxylation sites is 1. The van der Waals surface area contributed by atoms with Crippen LogP contribution in [0.3, 0.4) is 0 Å². The molecule has 0 saturated heterocycles. The van der Waals surface area contributed by atoms with E-state index in [0.717, 1.165) is 22.4 Å². The molecule has 132 valence electrons. The molecule has 3 aromatic carbocycles. The monoisotopic (exact) mass is 365 g/mol. The molecule has 0 aliphatic carbocycles. The lowest BCUT2D eigenvalue weighted by atomic mass is 10.0. The van der Waals surface area contributed by atoms with Crippen LogP contribution in [0.4, 0.5) is 5.69 Å². The molecule has 3 rings (SSSR count). The van der Waals surface area contributed by atoms with Crippen LogP contribution in [0.25, 0.3) is 11.1 Å². The van der Waals surface area contributed by atoms with Gasteiger partial charge in [-0.05, 0) is 49.2 Å². The number of anilines is 1. The maximum atomic E-state index is 12.6. The minimum absolute atomic E-state index is 0.207. The molecule has 0 aromatic heterocycles. The van der Waals surface area contributed by atoms with Crippen molar-refractivity contribution >= 4 is 23.2 Å². The lowest BCUT2D eigenvalue weighted by molar-refractivity contribution is -0.122. The second-order valence-electron chi connectivity index (χ2n) is 6.07. The predicted molar refractivity (Wildman–Crippen MR) is 107 cm³/mol. The third-order valence-electron chi connectivity index (χ3n) is 4.08. The Hall–Kier alpha value is -2.78. The van der Waals surface area contributed by atoms with Crippen LogP contribution >= 0.6 is 11.6 Å². The van der Waals surface area contributed by atoms with Crippen molar-refractivity contribution in [2.75, 3.05) is 5.32 Å². The number of nitrogens with one attached hydrogen (secondary N) is 1. The molecule has 0 saturated carbocycles. The average molecular weight is 366 g/mol. The average Bonchev–Trinajstić information content (AvgIpc) is 2.66. The Kier molecular flexibility index (Phi) is 5.59. The minimum atomic E-state index is -0.639. The molecule has 0 unspecified atom stereocenters. The van der Waals surface area contributed by atoms with E-state index in [1.54, 1.807) is 19.1 Å². The van der Waals surface area contributed by atoms with Crippen LogP contribution in [0.1, 0.15) is 12.5 Å². The topological polar surface area (TPSA) is 38.3 Å². The summed E-state index contributed by atoms with van der Waals surface area (Å²) in [6.45, 7) is 3.63. The Balaban J connectivity index is 1.74. The number of carbonyl (C=O) groups is 1. The molecule has 3 nitrogen and oxygen atoms in total. The van der Waals surface area contributed by atoms with Crippen molar-refractivity contribution in [2.45, 2.75) is 20.0 Å². The van der Waals surface area contributed by atoms with Gasteiger partial charge in [-0.15, -0.1) is 0 Å². The van der Waals surface area contributed by atoms with E-state index < -0.39 is 6.10 Å². The van der Waals surface area contributed by atoms with Crippen molar-refractivity contribution in [1.29, 1.82) is 0 Å². The van der Waals surface area contributed by atoms with Crippen molar-refractivity contribution in [3.63, 3.8) is 0 Å². The van der Waals surface area contributed by atoms with Gasteiger partial charge in [0.15, 0.2) is 6.10 Å². The van der Waals surface area contributed by atoms with Crippen LogP contribution in [0.15, 0.2) is 72.8 Å². The summed E-state index contributed by atoms with van der Waals surface area (Å²) in [5.74, 6) is 0.409. The van der Waals surface area contributed by atoms with Gasteiger partial charge in [-0.25, -0.2) is 0 Å². The first-order valence-corrected chi connectivity index (χ1v) is 8.80. The number of amides is 1. The van der Waals surface area contributed by atoms with Gasteiger partial charge in [-0.3, -0.25) is 4.79 Å². The lowest BCUT2D eigenvalue weighted by Gasteiger charge is -2.17. The van der Waals surface area contributed by atoms with E-state index in [-0.39, 0.29) is 5.91 Å². The fourth-order valence-corrected chi connectivity index (χ4v) is 2.76. The van der Waals surface area contributed by atoms with Gasteiger partial charge in [-0.2, -0.15) is 0 Å². The molecule has 0 aliphatic heterocycles. The molecule has 26 heavy (non-hydrogen) atoms. The first kappa shape index (κ1) is 18.0. The van der Waals surface area contributed by atoms with Crippen molar-refractivity contribution in [1.82, 2.24) is 0 Å². The van der Waals surface area contributed by atoms with Gasteiger partial charge in [0.1, 0.15) is 5.75 Å². The van der Waals surface area contributed by atoms with Crippen LogP contribution in [0.2, 0.25) is 5.02 Å². The SMILES string of the molecule is Cc1cc(O[C@H](C)C(=O)Nc2ccccc2-c2ccccc2)ccc1Cl. The number of hydrogen-bond donors (Lipinski definition) is 1. The molecule has 1 amide bonds. The summed E-state index contributed by atoms with van der Waals surface area (Å²) >= 11 is 6.03. The van der Waals surface area contributed by atoms with Crippen molar-refractivity contribution in [3.05, 3.63) is 83.4 Å². The zero-order chi connectivity index (χ0) is 18.5. The molecule has 0 heterocycles. The van der Waals surface area contributed by atoms with E-state index in [1.165, 1.54) is 0 Å². The largest absolute Gasteiger partial charge is 0.481 e. The zero-order valence-electron chi connectivity index (χ0n) is 14.7. The van der Waals surface area contributed by atoms with Gasteiger partial charge >= 0.3 is 0 Å². The molecular formula is C22H20ClNO2. The molecule has 1 N–H and O–H groups in total. The van der Waals surface area contributed by atoms with E-state index in [0.29, 0.717) is 10.8 Å². The van der Waals surface area contributed by atoms with E-state index in [2.05, 4.69) is 5.32 Å². The summed E-state index contributed by atoms with van der Waals surface area (Å²) in [5, 5.41) is 3.64. The summed E-state index contributed by atoms with van der Waals surface area (Å²) in [4.78, 5) is 12.6. The van der Waals surface area contributed by atoms with Gasteiger partial charge in [0, 0.05) is 16.3 Å². The predicted octanol–water partition coefficient (Wildman–Crippen LogP) is 5.72. The number of hydrogen-bond acceptors (Lipinski definition) is 2. The van der Waals surface area contributed by atoms with Crippen LogP contribution in [0.5, 0.6) is 5.75 Å². The van der Waals surface area contributed by atoms with Crippen molar-refractivity contribution < 1.29 is 9.53 Å². The maximum absolute atomic E-state index is 12.6. The van der Waals surface area contributed by atoms with Gasteiger partial charge in [0.25, 0.3) is 5.91 Å². The number of ether oxygens (including phenoxy) is 1. The van der Waals surface area contributed by atoms with Crippen molar-refractivity contribution in [3.8, 4) is 16.9 Å². The summed E-state index contributed by atoms with van der Waals surface area (Å²) in [6.07, 6.45) is -0.639. The third-order valence-corrected chi connectivity index (χ3v) is 4.51. The molecular weight excluding hydrogens is 346 g/mol. The molecule has 4 heteroatoms. The Bertz CT molecular complexity index is 909. The van der Waals surface area contributed by atoms with Crippen LogP contribution in [-0.2, 0) is 4.79 Å². The highest BCUT2D eigenvalue weighted by molar-refractivity contribution is 6.31. The molecule has 0 aliphatic rings. The highest BCUT2D eigenvalue weighted by Crippen LogP contribution is 2.28. The number of aryl methyl sites for hydroxylation is 1. The van der Waals surface area contributed by atoms with Gasteiger partial charge in [-0.1, -0.05) is 60.1 Å². The fourth-order valence-electron chi connectivity index (χ4n) is 2.64. The Morgan fingerprint density at radius 2 is 1.69 bits per heavy atom. The van der Waals surface area contributed by atoms with Crippen molar-refractivity contribution in [2.24, 2.45) is 0 Å². The summed E-state index contributed by atoms with van der Waals surface area (Å²) in [7, 11) is 0. The number of rotatable bonds is 5. The van der Waals surface area contributed by atoms with Gasteiger partial charge in [0.2, 0.25) is 0 Å². The molecule has 0 fully saturated rings. The Morgan fingerprint density at radius 3 is 2.42 bits per heavy atom. The summed E-state index contributed by atoms with van der Waals surface area (Å²) < 4.78 is 5.76. The number of benzene rings is 3. The molecule has 0 spiro atoms. The second-order valence-corrected chi connectivity index (χ2v) is 6.48. The lowest BCUT2D eigenvalue weighted by Crippen LogP contribution is -2.30. The Labute approximate surface area is 158 Å². The first-order chi connectivity index (χ1) is 12.5. The minimum Gasteiger partial charge on any atom is -0.481 e. The highest BCUT2D eigenvalue weighted by atomic mass is 35.5. The molecule has 0 bridgehead atoms. The Morgan fingerprint density at radius 1 is 1.00 bits per heavy atom. The smallest absolute Gasteiger partial charge is 0.265 e. The van der Waals surface area contributed by atoms with Crippen LogP contribution in [0, 0.1) is 6.92 Å². The summed E-state index contributed by atoms with van der Waals surface area (Å²) in [5.41, 5.74) is 3.68.